The number of rotatable bonds is 3. The summed E-state index contributed by atoms with van der Waals surface area (Å²) in [5, 5.41) is 4.31. The first kappa shape index (κ1) is 13.5. The number of esters is 1. The van der Waals surface area contributed by atoms with E-state index in [1.165, 1.54) is 0 Å². The van der Waals surface area contributed by atoms with Gasteiger partial charge in [0.1, 0.15) is 0 Å². The number of benzene rings is 1. The SMILES string of the molecule is CCOC(=O)c1cccc(-n2ncc3c2CCCC3=O)c1. The number of ketones is 1. The maximum atomic E-state index is 11.9. The Morgan fingerprint density at radius 2 is 2.24 bits per heavy atom. The fourth-order valence-electron chi connectivity index (χ4n) is 2.60. The molecule has 1 aromatic heterocycles. The van der Waals surface area contributed by atoms with Gasteiger partial charge in [-0.3, -0.25) is 4.79 Å². The average Bonchev–Trinajstić information content (AvgIpc) is 2.93. The minimum absolute atomic E-state index is 0.143. The van der Waals surface area contributed by atoms with Crippen molar-refractivity contribution in [2.75, 3.05) is 6.61 Å². The van der Waals surface area contributed by atoms with Crippen LogP contribution in [-0.2, 0) is 11.2 Å². The van der Waals surface area contributed by atoms with Crippen molar-refractivity contribution in [3.05, 3.63) is 47.3 Å². The van der Waals surface area contributed by atoms with E-state index in [0.717, 1.165) is 24.2 Å². The molecule has 5 nitrogen and oxygen atoms in total. The second-order valence-electron chi connectivity index (χ2n) is 4.96. The van der Waals surface area contributed by atoms with Crippen molar-refractivity contribution >= 4 is 11.8 Å². The fraction of sp³-hybridized carbons (Fsp3) is 0.312. The Balaban J connectivity index is 2.00. The zero-order valence-corrected chi connectivity index (χ0v) is 11.8. The molecule has 0 radical (unpaired) electrons. The van der Waals surface area contributed by atoms with Gasteiger partial charge in [0.25, 0.3) is 0 Å². The highest BCUT2D eigenvalue weighted by Crippen LogP contribution is 2.24. The summed E-state index contributed by atoms with van der Waals surface area (Å²) < 4.78 is 6.75. The van der Waals surface area contributed by atoms with E-state index < -0.39 is 0 Å². The summed E-state index contributed by atoms with van der Waals surface area (Å²) in [5.74, 6) is -0.208. The molecule has 1 heterocycles. The lowest BCUT2D eigenvalue weighted by Gasteiger charge is -2.13. The molecule has 0 N–H and O–H groups in total. The zero-order valence-electron chi connectivity index (χ0n) is 11.8. The zero-order chi connectivity index (χ0) is 14.8. The Bertz CT molecular complexity index is 703. The minimum atomic E-state index is -0.351. The van der Waals surface area contributed by atoms with Gasteiger partial charge in [-0.15, -0.1) is 0 Å². The van der Waals surface area contributed by atoms with Gasteiger partial charge in [0.2, 0.25) is 0 Å². The average molecular weight is 284 g/mol. The molecule has 0 aliphatic heterocycles. The molecule has 3 rings (SSSR count). The molecule has 1 aliphatic rings. The highest BCUT2D eigenvalue weighted by molar-refractivity contribution is 5.98. The number of aromatic nitrogens is 2. The Morgan fingerprint density at radius 1 is 1.38 bits per heavy atom. The van der Waals surface area contributed by atoms with E-state index in [0.29, 0.717) is 24.2 Å². The van der Waals surface area contributed by atoms with Crippen molar-refractivity contribution in [3.63, 3.8) is 0 Å². The summed E-state index contributed by atoms with van der Waals surface area (Å²) in [6, 6.07) is 7.11. The van der Waals surface area contributed by atoms with Gasteiger partial charge >= 0.3 is 5.97 Å². The molecule has 1 aromatic carbocycles. The van der Waals surface area contributed by atoms with E-state index in [-0.39, 0.29) is 11.8 Å². The van der Waals surface area contributed by atoms with Crippen LogP contribution in [-0.4, -0.2) is 28.1 Å². The molecule has 0 amide bonds. The Labute approximate surface area is 122 Å². The van der Waals surface area contributed by atoms with Crippen molar-refractivity contribution in [2.24, 2.45) is 0 Å². The number of nitrogens with zero attached hydrogens (tertiary/aromatic N) is 2. The molecule has 1 aliphatic carbocycles. The molecule has 0 fully saturated rings. The van der Waals surface area contributed by atoms with E-state index in [4.69, 9.17) is 4.74 Å². The Morgan fingerprint density at radius 3 is 3.05 bits per heavy atom. The number of ether oxygens (including phenoxy) is 1. The van der Waals surface area contributed by atoms with Crippen LogP contribution in [0.2, 0.25) is 0 Å². The lowest BCUT2D eigenvalue weighted by Crippen LogP contribution is -2.13. The van der Waals surface area contributed by atoms with E-state index in [9.17, 15) is 9.59 Å². The molecule has 0 unspecified atom stereocenters. The van der Waals surface area contributed by atoms with Gasteiger partial charge in [-0.1, -0.05) is 6.07 Å². The van der Waals surface area contributed by atoms with Crippen molar-refractivity contribution in [3.8, 4) is 5.69 Å². The summed E-state index contributed by atoms with van der Waals surface area (Å²) in [5.41, 5.74) is 2.88. The van der Waals surface area contributed by atoms with Gasteiger partial charge in [-0.2, -0.15) is 5.10 Å². The lowest BCUT2D eigenvalue weighted by atomic mass is 9.97. The molecule has 0 spiro atoms. The van der Waals surface area contributed by atoms with E-state index in [1.807, 2.05) is 6.07 Å². The summed E-state index contributed by atoms with van der Waals surface area (Å²) in [4.78, 5) is 23.7. The third-order valence-electron chi connectivity index (χ3n) is 3.59. The monoisotopic (exact) mass is 284 g/mol. The van der Waals surface area contributed by atoms with Gasteiger partial charge in [0.05, 0.1) is 35.3 Å². The first-order valence-electron chi connectivity index (χ1n) is 7.08. The van der Waals surface area contributed by atoms with Crippen LogP contribution in [0.5, 0.6) is 0 Å². The maximum Gasteiger partial charge on any atom is 0.338 e. The first-order chi connectivity index (χ1) is 10.2. The lowest BCUT2D eigenvalue weighted by molar-refractivity contribution is 0.0526. The number of hydrogen-bond acceptors (Lipinski definition) is 4. The fourth-order valence-corrected chi connectivity index (χ4v) is 2.60. The van der Waals surface area contributed by atoms with Crippen molar-refractivity contribution in [1.29, 1.82) is 0 Å². The standard InChI is InChI=1S/C16H16N2O3/c1-2-21-16(20)11-5-3-6-12(9-11)18-14-7-4-8-15(19)13(14)10-17-18/h3,5-6,9-10H,2,4,7-8H2,1H3. The van der Waals surface area contributed by atoms with Gasteiger partial charge in [-0.05, 0) is 38.0 Å². The third kappa shape index (κ3) is 2.46. The van der Waals surface area contributed by atoms with Crippen LogP contribution in [0.4, 0.5) is 0 Å². The molecular formula is C16H16N2O3. The molecule has 0 atom stereocenters. The molecule has 5 heteroatoms. The summed E-state index contributed by atoms with van der Waals surface area (Å²) in [6.45, 7) is 2.12. The predicted octanol–water partition coefficient (Wildman–Crippen LogP) is 2.57. The van der Waals surface area contributed by atoms with Gasteiger partial charge < -0.3 is 4.74 Å². The highest BCUT2D eigenvalue weighted by atomic mass is 16.5. The van der Waals surface area contributed by atoms with Crippen LogP contribution < -0.4 is 0 Å². The maximum absolute atomic E-state index is 11.9. The number of carbonyl (C=O) groups excluding carboxylic acids is 2. The van der Waals surface area contributed by atoms with Gasteiger partial charge in [0.15, 0.2) is 5.78 Å². The number of carbonyl (C=O) groups is 2. The minimum Gasteiger partial charge on any atom is -0.462 e. The Kier molecular flexibility index (Phi) is 3.56. The van der Waals surface area contributed by atoms with Crippen LogP contribution in [0.25, 0.3) is 5.69 Å². The summed E-state index contributed by atoms with van der Waals surface area (Å²) in [7, 11) is 0. The van der Waals surface area contributed by atoms with Crippen LogP contribution in [0.3, 0.4) is 0 Å². The molecule has 0 saturated heterocycles. The normalized spacial score (nSPS) is 13.9. The molecule has 0 bridgehead atoms. The number of fused-ring (bicyclic) bond motifs is 1. The van der Waals surface area contributed by atoms with Crippen LogP contribution in [0.15, 0.2) is 30.5 Å². The molecule has 2 aromatic rings. The van der Waals surface area contributed by atoms with Gasteiger partial charge in [-0.25, -0.2) is 9.48 Å². The largest absolute Gasteiger partial charge is 0.462 e. The second kappa shape index (κ2) is 5.52. The quantitative estimate of drug-likeness (QED) is 0.813. The summed E-state index contributed by atoms with van der Waals surface area (Å²) >= 11 is 0. The van der Waals surface area contributed by atoms with Crippen molar-refractivity contribution < 1.29 is 14.3 Å². The van der Waals surface area contributed by atoms with Crippen molar-refractivity contribution in [1.82, 2.24) is 9.78 Å². The van der Waals surface area contributed by atoms with E-state index in [1.54, 1.807) is 36.0 Å². The Hall–Kier alpha value is -2.43. The molecular weight excluding hydrogens is 268 g/mol. The van der Waals surface area contributed by atoms with Crippen LogP contribution in [0.1, 0.15) is 46.2 Å². The third-order valence-corrected chi connectivity index (χ3v) is 3.59. The highest BCUT2D eigenvalue weighted by Gasteiger charge is 2.22. The smallest absolute Gasteiger partial charge is 0.338 e. The van der Waals surface area contributed by atoms with Crippen LogP contribution >= 0.6 is 0 Å². The first-order valence-corrected chi connectivity index (χ1v) is 7.08. The predicted molar refractivity (Wildman–Crippen MR) is 76.8 cm³/mol. The molecule has 0 saturated carbocycles. The number of Topliss-reactive ketones (excluding diaryl/α,β-unsaturated/α-hetero) is 1. The summed E-state index contributed by atoms with van der Waals surface area (Å²) in [6.07, 6.45) is 3.87. The van der Waals surface area contributed by atoms with E-state index >= 15 is 0 Å². The second-order valence-corrected chi connectivity index (χ2v) is 4.96. The van der Waals surface area contributed by atoms with E-state index in [2.05, 4.69) is 5.10 Å². The topological polar surface area (TPSA) is 61.2 Å². The van der Waals surface area contributed by atoms with Crippen LogP contribution in [0, 0.1) is 0 Å². The number of hydrogen-bond donors (Lipinski definition) is 0. The molecule has 21 heavy (non-hydrogen) atoms. The molecule has 108 valence electrons. The van der Waals surface area contributed by atoms with Gasteiger partial charge in [0, 0.05) is 6.42 Å². The van der Waals surface area contributed by atoms with Crippen molar-refractivity contribution in [2.45, 2.75) is 26.2 Å².